The lowest BCUT2D eigenvalue weighted by molar-refractivity contribution is 0.102. The molecule has 0 radical (unpaired) electrons. The van der Waals surface area contributed by atoms with Gasteiger partial charge in [0.25, 0.3) is 5.91 Å². The number of benzene rings is 2. The second kappa shape index (κ2) is 7.51. The predicted molar refractivity (Wildman–Crippen MR) is 101 cm³/mol. The fourth-order valence-corrected chi connectivity index (χ4v) is 2.73. The molecule has 2 N–H and O–H groups in total. The lowest BCUT2D eigenvalue weighted by Gasteiger charge is -2.09. The molecular weight excluding hydrogens is 368 g/mol. The van der Waals surface area contributed by atoms with E-state index in [0.717, 1.165) is 11.3 Å². The van der Waals surface area contributed by atoms with E-state index in [9.17, 15) is 4.79 Å². The van der Waals surface area contributed by atoms with Crippen LogP contribution >= 0.6 is 11.6 Å². The molecule has 1 aliphatic heterocycles. The van der Waals surface area contributed by atoms with Crippen molar-refractivity contribution in [3.8, 4) is 11.5 Å². The summed E-state index contributed by atoms with van der Waals surface area (Å²) in [6.45, 7) is 0.712. The molecule has 0 unspecified atom stereocenters. The van der Waals surface area contributed by atoms with Crippen LogP contribution < -0.4 is 20.1 Å². The van der Waals surface area contributed by atoms with Crippen LogP contribution in [0.4, 0.5) is 11.6 Å². The van der Waals surface area contributed by atoms with Crippen molar-refractivity contribution in [3.05, 3.63) is 71.0 Å². The first-order valence-electron chi connectivity index (χ1n) is 8.20. The van der Waals surface area contributed by atoms with Gasteiger partial charge in [-0.1, -0.05) is 29.8 Å². The molecule has 1 aromatic heterocycles. The molecule has 0 saturated carbocycles. The van der Waals surface area contributed by atoms with Crippen molar-refractivity contribution in [3.63, 3.8) is 0 Å². The third kappa shape index (κ3) is 3.93. The van der Waals surface area contributed by atoms with Crippen molar-refractivity contribution in [2.24, 2.45) is 0 Å². The molecule has 2 aromatic carbocycles. The van der Waals surface area contributed by atoms with Crippen LogP contribution in [0.2, 0.25) is 5.02 Å². The Morgan fingerprint density at radius 3 is 2.85 bits per heavy atom. The molecule has 27 heavy (non-hydrogen) atoms. The highest BCUT2D eigenvalue weighted by Gasteiger charge is 2.14. The number of nitrogens with zero attached hydrogens (tertiary/aromatic N) is 2. The van der Waals surface area contributed by atoms with Crippen LogP contribution in [0, 0.1) is 0 Å². The number of carbonyl (C=O) groups is 1. The smallest absolute Gasteiger partial charge is 0.274 e. The number of hydrogen-bond donors (Lipinski definition) is 2. The fraction of sp³-hybridized carbons (Fsp3) is 0.105. The largest absolute Gasteiger partial charge is 0.454 e. The van der Waals surface area contributed by atoms with Crippen LogP contribution in [-0.4, -0.2) is 22.7 Å². The third-order valence-electron chi connectivity index (χ3n) is 3.90. The van der Waals surface area contributed by atoms with Crippen molar-refractivity contribution in [2.75, 3.05) is 17.4 Å². The van der Waals surface area contributed by atoms with Gasteiger partial charge in [-0.15, -0.1) is 0 Å². The van der Waals surface area contributed by atoms with Gasteiger partial charge in [0.15, 0.2) is 11.5 Å². The minimum absolute atomic E-state index is 0.234. The zero-order valence-corrected chi connectivity index (χ0v) is 14.9. The van der Waals surface area contributed by atoms with Crippen LogP contribution in [0.25, 0.3) is 0 Å². The summed E-state index contributed by atoms with van der Waals surface area (Å²) in [6, 6.07) is 14.2. The first kappa shape index (κ1) is 17.1. The van der Waals surface area contributed by atoms with E-state index in [2.05, 4.69) is 20.6 Å². The molecule has 3 aromatic rings. The topological polar surface area (TPSA) is 85.4 Å². The van der Waals surface area contributed by atoms with Crippen LogP contribution in [0.5, 0.6) is 11.5 Å². The van der Waals surface area contributed by atoms with Crippen molar-refractivity contribution < 1.29 is 14.3 Å². The fourth-order valence-electron chi connectivity index (χ4n) is 2.55. The Balaban J connectivity index is 1.43. The summed E-state index contributed by atoms with van der Waals surface area (Å²) in [4.78, 5) is 20.8. The molecule has 0 atom stereocenters. The number of fused-ring (bicyclic) bond motifs is 1. The molecule has 2 heterocycles. The van der Waals surface area contributed by atoms with Gasteiger partial charge in [-0.3, -0.25) is 4.79 Å². The Kier molecular flexibility index (Phi) is 4.76. The maximum atomic E-state index is 12.4. The molecule has 1 aliphatic rings. The summed E-state index contributed by atoms with van der Waals surface area (Å²) in [5.74, 6) is 1.42. The molecule has 8 heteroatoms. The zero-order valence-electron chi connectivity index (χ0n) is 14.1. The number of anilines is 2. The quantitative estimate of drug-likeness (QED) is 0.699. The van der Waals surface area contributed by atoms with Gasteiger partial charge >= 0.3 is 0 Å². The highest BCUT2D eigenvalue weighted by atomic mass is 35.5. The molecule has 0 saturated heterocycles. The Morgan fingerprint density at radius 2 is 1.96 bits per heavy atom. The number of nitrogens with one attached hydrogen (secondary N) is 2. The number of rotatable bonds is 5. The van der Waals surface area contributed by atoms with Gasteiger partial charge in [-0.25, -0.2) is 9.97 Å². The summed E-state index contributed by atoms with van der Waals surface area (Å²) >= 11 is 6.07. The number of amides is 1. The summed E-state index contributed by atoms with van der Waals surface area (Å²) < 4.78 is 10.7. The maximum absolute atomic E-state index is 12.4. The zero-order chi connectivity index (χ0) is 18.6. The van der Waals surface area contributed by atoms with Crippen LogP contribution in [0.15, 0.2) is 54.7 Å². The molecule has 1 amide bonds. The van der Waals surface area contributed by atoms with Gasteiger partial charge in [0.05, 0.1) is 10.7 Å². The average Bonchev–Trinajstić information content (AvgIpc) is 3.16. The normalized spacial score (nSPS) is 11.9. The number of ether oxygens (including phenoxy) is 2. The van der Waals surface area contributed by atoms with Gasteiger partial charge in [-0.05, 0) is 35.9 Å². The van der Waals surface area contributed by atoms with Crippen LogP contribution in [-0.2, 0) is 6.54 Å². The highest BCUT2D eigenvalue weighted by molar-refractivity contribution is 6.33. The Bertz CT molecular complexity index is 996. The molecule has 7 nitrogen and oxygen atoms in total. The SMILES string of the molecule is O=C(Nc1ccccc1Cl)c1ccnc(NCc2ccc3c(c2)OCO3)n1. The van der Waals surface area contributed by atoms with E-state index in [1.807, 2.05) is 18.2 Å². The molecule has 0 bridgehead atoms. The summed E-state index contributed by atoms with van der Waals surface area (Å²) in [7, 11) is 0. The predicted octanol–water partition coefficient (Wildman–Crippen LogP) is 3.72. The highest BCUT2D eigenvalue weighted by Crippen LogP contribution is 2.32. The molecule has 4 rings (SSSR count). The van der Waals surface area contributed by atoms with Gasteiger partial charge < -0.3 is 20.1 Å². The number of carbonyl (C=O) groups excluding carboxylic acids is 1. The minimum Gasteiger partial charge on any atom is -0.454 e. The maximum Gasteiger partial charge on any atom is 0.274 e. The first-order valence-corrected chi connectivity index (χ1v) is 8.58. The average molecular weight is 383 g/mol. The van der Waals surface area contributed by atoms with Crippen molar-refractivity contribution in [2.45, 2.75) is 6.54 Å². The number of halogens is 1. The van der Waals surface area contributed by atoms with E-state index >= 15 is 0 Å². The molecule has 136 valence electrons. The number of para-hydroxylation sites is 1. The van der Waals surface area contributed by atoms with Crippen LogP contribution in [0.3, 0.4) is 0 Å². The second-order valence-electron chi connectivity index (χ2n) is 5.74. The summed E-state index contributed by atoms with van der Waals surface area (Å²) in [6.07, 6.45) is 1.52. The monoisotopic (exact) mass is 382 g/mol. The van der Waals surface area contributed by atoms with E-state index in [0.29, 0.717) is 29.0 Å². The van der Waals surface area contributed by atoms with E-state index in [-0.39, 0.29) is 18.4 Å². The minimum atomic E-state index is -0.364. The third-order valence-corrected chi connectivity index (χ3v) is 4.23. The number of hydrogen-bond acceptors (Lipinski definition) is 6. The van der Waals surface area contributed by atoms with E-state index < -0.39 is 0 Å². The molecule has 0 fully saturated rings. The first-order chi connectivity index (χ1) is 13.2. The van der Waals surface area contributed by atoms with E-state index in [1.54, 1.807) is 24.3 Å². The standard InChI is InChI=1S/C19H15ClN4O3/c20-13-3-1-2-4-14(13)23-18(25)15-7-8-21-19(24-15)22-10-12-5-6-16-17(9-12)27-11-26-16/h1-9H,10-11H2,(H,23,25)(H,21,22,24). The summed E-state index contributed by atoms with van der Waals surface area (Å²) in [5.41, 5.74) is 1.74. The van der Waals surface area contributed by atoms with Crippen molar-refractivity contribution >= 4 is 29.1 Å². The lowest BCUT2D eigenvalue weighted by Crippen LogP contribution is -2.15. The Hall–Kier alpha value is -3.32. The molecule has 0 aliphatic carbocycles. The molecular formula is C19H15ClN4O3. The Morgan fingerprint density at radius 1 is 1.11 bits per heavy atom. The van der Waals surface area contributed by atoms with Gasteiger partial charge in [0.2, 0.25) is 12.7 Å². The number of aromatic nitrogens is 2. The van der Waals surface area contributed by atoms with Crippen molar-refractivity contribution in [1.82, 2.24) is 9.97 Å². The second-order valence-corrected chi connectivity index (χ2v) is 6.15. The van der Waals surface area contributed by atoms with Gasteiger partial charge in [0, 0.05) is 12.7 Å². The van der Waals surface area contributed by atoms with Crippen molar-refractivity contribution in [1.29, 1.82) is 0 Å². The van der Waals surface area contributed by atoms with E-state index in [1.165, 1.54) is 12.3 Å². The summed E-state index contributed by atoms with van der Waals surface area (Å²) in [5, 5.41) is 6.29. The Labute approximate surface area is 160 Å². The van der Waals surface area contributed by atoms with Gasteiger partial charge in [0.1, 0.15) is 5.69 Å². The lowest BCUT2D eigenvalue weighted by atomic mass is 10.2. The van der Waals surface area contributed by atoms with E-state index in [4.69, 9.17) is 21.1 Å². The van der Waals surface area contributed by atoms with Crippen LogP contribution in [0.1, 0.15) is 16.1 Å². The molecule has 0 spiro atoms. The van der Waals surface area contributed by atoms with Gasteiger partial charge in [-0.2, -0.15) is 0 Å².